The first kappa shape index (κ1) is 19.9. The molecule has 1 N–H and O–H groups in total. The lowest BCUT2D eigenvalue weighted by atomic mass is 10.1. The van der Waals surface area contributed by atoms with E-state index in [9.17, 15) is 4.79 Å². The minimum absolute atomic E-state index is 0.176. The van der Waals surface area contributed by atoms with Crippen molar-refractivity contribution < 1.29 is 4.79 Å². The Morgan fingerprint density at radius 3 is 2.56 bits per heavy atom. The predicted molar refractivity (Wildman–Crippen MR) is 122 cm³/mol. The molecule has 2 aromatic carbocycles. The first-order chi connectivity index (χ1) is 15.8. The van der Waals surface area contributed by atoms with Gasteiger partial charge in [-0.25, -0.2) is 0 Å². The molecule has 4 aromatic rings. The van der Waals surface area contributed by atoms with E-state index in [0.717, 1.165) is 35.5 Å². The maximum atomic E-state index is 12.5. The number of hydrogen-bond donors (Lipinski definition) is 1. The standard InChI is InChI=1S/C25H24N6O/c32-24(26-15-23-28-27-18-31(23)22-12-13-22)14-11-21-17-30(16-19-7-3-1-4-8-19)29-25(21)20-9-5-2-6-10-20/h1-11,14,17-18,22H,12-13,15-16H2,(H,26,32)/b14-11+. The van der Waals surface area contributed by atoms with Crippen LogP contribution in [0.5, 0.6) is 0 Å². The highest BCUT2D eigenvalue weighted by atomic mass is 16.1. The zero-order valence-corrected chi connectivity index (χ0v) is 17.6. The molecule has 5 rings (SSSR count). The van der Waals surface area contributed by atoms with Crippen molar-refractivity contribution in [2.45, 2.75) is 32.0 Å². The van der Waals surface area contributed by atoms with Crippen LogP contribution in [0.1, 0.15) is 35.8 Å². The normalized spacial score (nSPS) is 13.5. The first-order valence-corrected chi connectivity index (χ1v) is 10.8. The molecule has 7 heteroatoms. The Bertz CT molecular complexity index is 1220. The molecule has 0 saturated heterocycles. The zero-order valence-electron chi connectivity index (χ0n) is 17.6. The summed E-state index contributed by atoms with van der Waals surface area (Å²) in [6.07, 6.45) is 9.37. The van der Waals surface area contributed by atoms with Crippen molar-refractivity contribution in [3.8, 4) is 11.3 Å². The molecule has 0 bridgehead atoms. The third-order valence-electron chi connectivity index (χ3n) is 5.45. The third-order valence-corrected chi connectivity index (χ3v) is 5.45. The molecule has 0 spiro atoms. The van der Waals surface area contributed by atoms with Crippen LogP contribution in [0.2, 0.25) is 0 Å². The minimum atomic E-state index is -0.176. The molecule has 0 radical (unpaired) electrons. The molecule has 7 nitrogen and oxygen atoms in total. The van der Waals surface area contributed by atoms with E-state index in [2.05, 4.69) is 27.6 Å². The van der Waals surface area contributed by atoms with E-state index in [1.807, 2.05) is 70.1 Å². The van der Waals surface area contributed by atoms with E-state index in [1.165, 1.54) is 5.56 Å². The molecule has 0 aliphatic heterocycles. The Hall–Kier alpha value is -4.00. The van der Waals surface area contributed by atoms with Gasteiger partial charge < -0.3 is 9.88 Å². The van der Waals surface area contributed by atoms with E-state index in [1.54, 1.807) is 12.4 Å². The summed E-state index contributed by atoms with van der Waals surface area (Å²) in [5.41, 5.74) is 3.92. The summed E-state index contributed by atoms with van der Waals surface area (Å²) < 4.78 is 3.96. The summed E-state index contributed by atoms with van der Waals surface area (Å²) in [7, 11) is 0. The fourth-order valence-corrected chi connectivity index (χ4v) is 3.67. The average molecular weight is 425 g/mol. The van der Waals surface area contributed by atoms with Crippen LogP contribution in [-0.2, 0) is 17.9 Å². The number of carbonyl (C=O) groups excluding carboxylic acids is 1. The molecule has 2 aromatic heterocycles. The number of carbonyl (C=O) groups is 1. The van der Waals surface area contributed by atoms with E-state index in [4.69, 9.17) is 5.10 Å². The van der Waals surface area contributed by atoms with Crippen molar-refractivity contribution in [3.63, 3.8) is 0 Å². The number of benzene rings is 2. The molecular weight excluding hydrogens is 400 g/mol. The largest absolute Gasteiger partial charge is 0.345 e. The van der Waals surface area contributed by atoms with E-state index in [-0.39, 0.29) is 5.91 Å². The molecule has 1 amide bonds. The first-order valence-electron chi connectivity index (χ1n) is 10.8. The Balaban J connectivity index is 1.32. The second-order valence-electron chi connectivity index (χ2n) is 7.92. The summed E-state index contributed by atoms with van der Waals surface area (Å²) in [6, 6.07) is 20.7. The minimum Gasteiger partial charge on any atom is -0.345 e. The lowest BCUT2D eigenvalue weighted by molar-refractivity contribution is -0.116. The molecular formula is C25H24N6O. The van der Waals surface area contributed by atoms with Gasteiger partial charge in [-0.05, 0) is 24.5 Å². The number of amides is 1. The lowest BCUT2D eigenvalue weighted by Crippen LogP contribution is -2.22. The Labute approximate surface area is 186 Å². The van der Waals surface area contributed by atoms with Crippen molar-refractivity contribution >= 4 is 12.0 Å². The van der Waals surface area contributed by atoms with Gasteiger partial charge in [0.15, 0.2) is 5.82 Å². The molecule has 1 aliphatic rings. The van der Waals surface area contributed by atoms with Crippen LogP contribution in [0.15, 0.2) is 79.3 Å². The zero-order chi connectivity index (χ0) is 21.8. The molecule has 0 unspecified atom stereocenters. The molecule has 0 atom stereocenters. The lowest BCUT2D eigenvalue weighted by Gasteiger charge is -2.04. The van der Waals surface area contributed by atoms with Crippen molar-refractivity contribution in [3.05, 3.63) is 96.2 Å². The maximum Gasteiger partial charge on any atom is 0.244 e. The van der Waals surface area contributed by atoms with Crippen LogP contribution in [0.3, 0.4) is 0 Å². The van der Waals surface area contributed by atoms with Gasteiger partial charge in [0.2, 0.25) is 5.91 Å². The number of nitrogens with zero attached hydrogens (tertiary/aromatic N) is 5. The smallest absolute Gasteiger partial charge is 0.244 e. The van der Waals surface area contributed by atoms with Crippen LogP contribution in [-0.4, -0.2) is 30.5 Å². The van der Waals surface area contributed by atoms with Gasteiger partial charge in [0.1, 0.15) is 6.33 Å². The topological polar surface area (TPSA) is 77.6 Å². The monoisotopic (exact) mass is 424 g/mol. The number of aromatic nitrogens is 5. The van der Waals surface area contributed by atoms with Gasteiger partial charge in [0, 0.05) is 29.4 Å². The molecule has 1 saturated carbocycles. The Morgan fingerprint density at radius 1 is 1.06 bits per heavy atom. The third kappa shape index (κ3) is 4.67. The highest BCUT2D eigenvalue weighted by Crippen LogP contribution is 2.35. The van der Waals surface area contributed by atoms with E-state index < -0.39 is 0 Å². The predicted octanol–water partition coefficient (Wildman–Crippen LogP) is 3.85. The molecule has 2 heterocycles. The SMILES string of the molecule is O=C(/C=C/c1cn(Cc2ccccc2)nc1-c1ccccc1)NCc1nncn1C1CC1. The van der Waals surface area contributed by atoms with Crippen LogP contribution in [0.25, 0.3) is 17.3 Å². The van der Waals surface area contributed by atoms with Crippen molar-refractivity contribution in [1.29, 1.82) is 0 Å². The quantitative estimate of drug-likeness (QED) is 0.436. The van der Waals surface area contributed by atoms with Crippen LogP contribution >= 0.6 is 0 Å². The van der Waals surface area contributed by atoms with Crippen LogP contribution in [0, 0.1) is 0 Å². The van der Waals surface area contributed by atoms with E-state index >= 15 is 0 Å². The summed E-state index contributed by atoms with van der Waals surface area (Å²) in [4.78, 5) is 12.5. The molecule has 160 valence electrons. The summed E-state index contributed by atoms with van der Waals surface area (Å²) in [5, 5.41) is 15.8. The van der Waals surface area contributed by atoms with Crippen LogP contribution in [0.4, 0.5) is 0 Å². The van der Waals surface area contributed by atoms with Crippen molar-refractivity contribution in [2.75, 3.05) is 0 Å². The van der Waals surface area contributed by atoms with Gasteiger partial charge in [-0.1, -0.05) is 60.7 Å². The van der Waals surface area contributed by atoms with Gasteiger partial charge in [0.25, 0.3) is 0 Å². The van der Waals surface area contributed by atoms with Gasteiger partial charge in [0.05, 0.1) is 18.8 Å². The number of nitrogens with one attached hydrogen (secondary N) is 1. The molecule has 1 fully saturated rings. The maximum absolute atomic E-state index is 12.5. The van der Waals surface area contributed by atoms with Crippen molar-refractivity contribution in [2.24, 2.45) is 0 Å². The van der Waals surface area contributed by atoms with Gasteiger partial charge in [-0.3, -0.25) is 9.48 Å². The number of rotatable bonds is 8. The molecule has 1 aliphatic carbocycles. The van der Waals surface area contributed by atoms with Gasteiger partial charge >= 0.3 is 0 Å². The fraction of sp³-hybridized carbons (Fsp3) is 0.200. The van der Waals surface area contributed by atoms with Gasteiger partial charge in [-0.15, -0.1) is 10.2 Å². The summed E-state index contributed by atoms with van der Waals surface area (Å²) in [6.45, 7) is 1.02. The fourth-order valence-electron chi connectivity index (χ4n) is 3.67. The van der Waals surface area contributed by atoms with Crippen LogP contribution < -0.4 is 5.32 Å². The highest BCUT2D eigenvalue weighted by molar-refractivity contribution is 5.92. The highest BCUT2D eigenvalue weighted by Gasteiger charge is 2.25. The molecule has 32 heavy (non-hydrogen) atoms. The Morgan fingerprint density at radius 2 is 1.81 bits per heavy atom. The van der Waals surface area contributed by atoms with Gasteiger partial charge in [-0.2, -0.15) is 5.10 Å². The Kier molecular flexibility index (Phi) is 5.61. The van der Waals surface area contributed by atoms with Crippen molar-refractivity contribution in [1.82, 2.24) is 29.9 Å². The summed E-state index contributed by atoms with van der Waals surface area (Å²) in [5.74, 6) is 0.611. The average Bonchev–Trinajstić information content (AvgIpc) is 3.43. The second kappa shape index (κ2) is 9.01. The summed E-state index contributed by atoms with van der Waals surface area (Å²) >= 11 is 0. The van der Waals surface area contributed by atoms with E-state index in [0.29, 0.717) is 19.1 Å². The number of hydrogen-bond acceptors (Lipinski definition) is 4. The second-order valence-corrected chi connectivity index (χ2v) is 7.92.